The zero-order valence-electron chi connectivity index (χ0n) is 18.4. The molecule has 2 aromatic rings. The first-order chi connectivity index (χ1) is 14.9. The Kier molecular flexibility index (Phi) is 6.96. The summed E-state index contributed by atoms with van der Waals surface area (Å²) in [5.41, 5.74) is 3.11. The molecule has 2 aliphatic rings. The van der Waals surface area contributed by atoms with Gasteiger partial charge < -0.3 is 15.0 Å². The number of hydrogen-bond acceptors (Lipinski definition) is 5. The van der Waals surface area contributed by atoms with Gasteiger partial charge in [0, 0.05) is 24.2 Å². The van der Waals surface area contributed by atoms with Gasteiger partial charge in [-0.1, -0.05) is 24.6 Å². The van der Waals surface area contributed by atoms with E-state index in [1.54, 1.807) is 19.2 Å². The molecular formula is C24H33N3O3S. The van der Waals surface area contributed by atoms with E-state index >= 15 is 0 Å². The van der Waals surface area contributed by atoms with Crippen molar-refractivity contribution in [3.8, 4) is 16.9 Å². The maximum atomic E-state index is 12.6. The van der Waals surface area contributed by atoms with Crippen molar-refractivity contribution in [2.45, 2.75) is 55.6 Å². The zero-order valence-corrected chi connectivity index (χ0v) is 19.2. The van der Waals surface area contributed by atoms with Gasteiger partial charge in [0.05, 0.1) is 12.0 Å². The van der Waals surface area contributed by atoms with Crippen LogP contribution in [-0.4, -0.2) is 52.6 Å². The fourth-order valence-corrected chi connectivity index (χ4v) is 5.50. The minimum absolute atomic E-state index is 0.0820. The summed E-state index contributed by atoms with van der Waals surface area (Å²) in [7, 11) is 0.373. The lowest BCUT2D eigenvalue weighted by Crippen LogP contribution is -2.40. The van der Waals surface area contributed by atoms with Crippen LogP contribution < -0.4 is 14.8 Å². The molecule has 0 atom stereocenters. The highest BCUT2D eigenvalue weighted by Crippen LogP contribution is 2.32. The first-order valence-electron chi connectivity index (χ1n) is 11.2. The van der Waals surface area contributed by atoms with Gasteiger partial charge >= 0.3 is 0 Å². The standard InChI is InChI=1S/C24H33N3O3S/c1-27-14-12-20(13-15-27)25-17-18-6-11-24(30-2)23(16-18)19-7-9-22(10-8-19)31(28,29)26-21-4-3-5-21/h6-11,16,20-21,25-26H,3-5,12-15,17H2,1-2H3. The Labute approximate surface area is 186 Å². The molecule has 1 heterocycles. The molecule has 1 aliphatic heterocycles. The van der Waals surface area contributed by atoms with Crippen molar-refractivity contribution in [1.82, 2.24) is 14.9 Å². The molecule has 0 aromatic heterocycles. The topological polar surface area (TPSA) is 70.7 Å². The van der Waals surface area contributed by atoms with Gasteiger partial charge in [0.25, 0.3) is 0 Å². The van der Waals surface area contributed by atoms with Gasteiger partial charge in [0.15, 0.2) is 0 Å². The third kappa shape index (κ3) is 5.47. The summed E-state index contributed by atoms with van der Waals surface area (Å²) >= 11 is 0. The van der Waals surface area contributed by atoms with E-state index in [0.717, 1.165) is 55.8 Å². The van der Waals surface area contributed by atoms with Crippen molar-refractivity contribution < 1.29 is 13.2 Å². The van der Waals surface area contributed by atoms with Crippen LogP contribution in [0.3, 0.4) is 0 Å². The summed E-state index contributed by atoms with van der Waals surface area (Å²) in [4.78, 5) is 2.68. The highest BCUT2D eigenvalue weighted by Gasteiger charge is 2.24. The molecule has 168 valence electrons. The molecule has 1 saturated heterocycles. The number of sulfonamides is 1. The van der Waals surface area contributed by atoms with E-state index in [1.807, 2.05) is 18.2 Å². The molecule has 2 fully saturated rings. The summed E-state index contributed by atoms with van der Waals surface area (Å²) in [6.07, 6.45) is 5.28. The Balaban J connectivity index is 1.47. The van der Waals surface area contributed by atoms with Crippen LogP contribution in [0, 0.1) is 0 Å². The molecular weight excluding hydrogens is 410 g/mol. The number of hydrogen-bond donors (Lipinski definition) is 2. The average Bonchev–Trinajstić information content (AvgIpc) is 2.76. The lowest BCUT2D eigenvalue weighted by atomic mass is 9.94. The third-order valence-electron chi connectivity index (χ3n) is 6.48. The fraction of sp³-hybridized carbons (Fsp3) is 0.500. The van der Waals surface area contributed by atoms with Crippen molar-refractivity contribution >= 4 is 10.0 Å². The van der Waals surface area contributed by atoms with Gasteiger partial charge in [-0.05, 0) is 81.2 Å². The van der Waals surface area contributed by atoms with E-state index in [4.69, 9.17) is 4.74 Å². The van der Waals surface area contributed by atoms with Crippen molar-refractivity contribution in [3.05, 3.63) is 48.0 Å². The van der Waals surface area contributed by atoms with Crippen molar-refractivity contribution in [2.24, 2.45) is 0 Å². The number of likely N-dealkylation sites (tertiary alicyclic amines) is 1. The summed E-state index contributed by atoms with van der Waals surface area (Å²) in [5.74, 6) is 0.784. The minimum atomic E-state index is -3.46. The minimum Gasteiger partial charge on any atom is -0.496 e. The lowest BCUT2D eigenvalue weighted by Gasteiger charge is -2.29. The second-order valence-electron chi connectivity index (χ2n) is 8.77. The predicted octanol–water partition coefficient (Wildman–Crippen LogP) is 3.38. The molecule has 2 aromatic carbocycles. The highest BCUT2D eigenvalue weighted by molar-refractivity contribution is 7.89. The lowest BCUT2D eigenvalue weighted by molar-refractivity contribution is 0.234. The first-order valence-corrected chi connectivity index (χ1v) is 12.6. The van der Waals surface area contributed by atoms with Crippen LogP contribution in [0.2, 0.25) is 0 Å². The van der Waals surface area contributed by atoms with Gasteiger partial charge in [-0.15, -0.1) is 0 Å². The second-order valence-corrected chi connectivity index (χ2v) is 10.5. The Morgan fingerprint density at radius 1 is 1.00 bits per heavy atom. The van der Waals surface area contributed by atoms with Crippen LogP contribution in [0.15, 0.2) is 47.4 Å². The summed E-state index contributed by atoms with van der Waals surface area (Å²) in [5, 5.41) is 3.68. The molecule has 2 N–H and O–H groups in total. The van der Waals surface area contributed by atoms with Gasteiger partial charge in [-0.3, -0.25) is 0 Å². The number of ether oxygens (including phenoxy) is 1. The molecule has 0 spiro atoms. The van der Waals surface area contributed by atoms with Crippen molar-refractivity contribution in [3.63, 3.8) is 0 Å². The normalized spacial score (nSPS) is 18.6. The molecule has 4 rings (SSSR count). The molecule has 1 saturated carbocycles. The van der Waals surface area contributed by atoms with E-state index in [2.05, 4.69) is 34.1 Å². The Morgan fingerprint density at radius 2 is 1.71 bits per heavy atom. The van der Waals surface area contributed by atoms with E-state index in [1.165, 1.54) is 18.4 Å². The molecule has 7 heteroatoms. The number of methoxy groups -OCH3 is 1. The number of nitrogens with one attached hydrogen (secondary N) is 2. The van der Waals surface area contributed by atoms with E-state index in [0.29, 0.717) is 10.9 Å². The Hall–Kier alpha value is -1.93. The highest BCUT2D eigenvalue weighted by atomic mass is 32.2. The van der Waals surface area contributed by atoms with Crippen molar-refractivity contribution in [2.75, 3.05) is 27.2 Å². The van der Waals surface area contributed by atoms with E-state index in [-0.39, 0.29) is 6.04 Å². The van der Waals surface area contributed by atoms with Gasteiger partial charge in [-0.2, -0.15) is 0 Å². The van der Waals surface area contributed by atoms with Crippen LogP contribution in [-0.2, 0) is 16.6 Å². The SMILES string of the molecule is COc1ccc(CNC2CCN(C)CC2)cc1-c1ccc(S(=O)(=O)NC2CCC2)cc1. The predicted molar refractivity (Wildman–Crippen MR) is 124 cm³/mol. The first kappa shape index (κ1) is 22.3. The van der Waals surface area contributed by atoms with Crippen LogP contribution in [0.5, 0.6) is 5.75 Å². The van der Waals surface area contributed by atoms with Crippen LogP contribution in [0.1, 0.15) is 37.7 Å². The summed E-state index contributed by atoms with van der Waals surface area (Å²) < 4.78 is 33.5. The quantitative estimate of drug-likeness (QED) is 0.655. The fourth-order valence-electron chi connectivity index (χ4n) is 4.19. The van der Waals surface area contributed by atoms with Crippen molar-refractivity contribution in [1.29, 1.82) is 0 Å². The summed E-state index contributed by atoms with van der Waals surface area (Å²) in [6, 6.07) is 13.9. The van der Waals surface area contributed by atoms with Gasteiger partial charge in [-0.25, -0.2) is 13.1 Å². The van der Waals surface area contributed by atoms with E-state index in [9.17, 15) is 8.42 Å². The number of piperidine rings is 1. The third-order valence-corrected chi connectivity index (χ3v) is 8.02. The zero-order chi connectivity index (χ0) is 21.8. The molecule has 1 aliphatic carbocycles. The molecule has 0 unspecified atom stereocenters. The summed E-state index contributed by atoms with van der Waals surface area (Å²) in [6.45, 7) is 3.08. The molecule has 6 nitrogen and oxygen atoms in total. The number of nitrogens with zero attached hydrogens (tertiary/aromatic N) is 1. The molecule has 0 amide bonds. The maximum Gasteiger partial charge on any atom is 0.240 e. The molecule has 0 radical (unpaired) electrons. The largest absolute Gasteiger partial charge is 0.496 e. The Bertz CT molecular complexity index is 980. The number of rotatable bonds is 8. The van der Waals surface area contributed by atoms with Gasteiger partial charge in [0.2, 0.25) is 10.0 Å². The average molecular weight is 444 g/mol. The van der Waals surface area contributed by atoms with Crippen LogP contribution in [0.25, 0.3) is 11.1 Å². The maximum absolute atomic E-state index is 12.6. The van der Waals surface area contributed by atoms with Crippen LogP contribution in [0.4, 0.5) is 0 Å². The number of benzene rings is 2. The monoisotopic (exact) mass is 443 g/mol. The van der Waals surface area contributed by atoms with Gasteiger partial charge in [0.1, 0.15) is 5.75 Å². The van der Waals surface area contributed by atoms with E-state index < -0.39 is 10.0 Å². The molecule has 31 heavy (non-hydrogen) atoms. The molecule has 0 bridgehead atoms. The smallest absolute Gasteiger partial charge is 0.240 e. The van der Waals surface area contributed by atoms with Crippen LogP contribution >= 0.6 is 0 Å². The Morgan fingerprint density at radius 3 is 2.32 bits per heavy atom. The second kappa shape index (κ2) is 9.69.